The zero-order valence-corrected chi connectivity index (χ0v) is 10.5. The third-order valence-electron chi connectivity index (χ3n) is 2.29. The van der Waals surface area contributed by atoms with Crippen LogP contribution < -0.4 is 10.6 Å². The summed E-state index contributed by atoms with van der Waals surface area (Å²) in [5, 5.41) is 15.3. The van der Waals surface area contributed by atoms with Crippen LogP contribution in [-0.2, 0) is 4.79 Å². The number of hydrogen-bond donors (Lipinski definition) is 2. The highest BCUT2D eigenvalue weighted by atomic mass is 32.1. The Morgan fingerprint density at radius 3 is 2.75 bits per heavy atom. The van der Waals surface area contributed by atoms with Gasteiger partial charge in [-0.1, -0.05) is 6.92 Å². The van der Waals surface area contributed by atoms with Crippen LogP contribution in [0.5, 0.6) is 0 Å². The first-order valence-electron chi connectivity index (χ1n) is 5.10. The smallest absolute Gasteiger partial charge is 0.238 e. The zero-order valence-electron chi connectivity index (χ0n) is 9.68. The van der Waals surface area contributed by atoms with Gasteiger partial charge in [-0.15, -0.1) is 11.3 Å². The van der Waals surface area contributed by atoms with E-state index in [9.17, 15) is 4.79 Å². The maximum Gasteiger partial charge on any atom is 0.238 e. The Balaban J connectivity index is 2.78. The topological polar surface area (TPSA) is 64.9 Å². The van der Waals surface area contributed by atoms with Gasteiger partial charge in [0.1, 0.15) is 11.1 Å². The molecule has 0 aromatic carbocycles. The van der Waals surface area contributed by atoms with E-state index in [0.29, 0.717) is 10.6 Å². The van der Waals surface area contributed by atoms with Crippen LogP contribution in [0.25, 0.3) is 0 Å². The highest BCUT2D eigenvalue weighted by Gasteiger charge is 2.13. The third kappa shape index (κ3) is 2.81. The number of amides is 1. The minimum absolute atomic E-state index is 0.111. The summed E-state index contributed by atoms with van der Waals surface area (Å²) in [5.74, 6) is -0.111. The van der Waals surface area contributed by atoms with Gasteiger partial charge >= 0.3 is 0 Å². The molecule has 1 amide bonds. The van der Waals surface area contributed by atoms with Gasteiger partial charge in [-0.25, -0.2) is 0 Å². The van der Waals surface area contributed by atoms with Crippen LogP contribution in [0.2, 0.25) is 0 Å². The molecule has 0 spiro atoms. The predicted octanol–water partition coefficient (Wildman–Crippen LogP) is 1.78. The number of anilines is 1. The molecular weight excluding hydrogens is 222 g/mol. The molecule has 1 rings (SSSR count). The van der Waals surface area contributed by atoms with Crippen molar-refractivity contribution in [1.29, 1.82) is 5.26 Å². The molecule has 1 aromatic rings. The lowest BCUT2D eigenvalue weighted by molar-refractivity contribution is -0.115. The Morgan fingerprint density at radius 1 is 1.50 bits per heavy atom. The van der Waals surface area contributed by atoms with E-state index in [1.165, 1.54) is 11.3 Å². The summed E-state index contributed by atoms with van der Waals surface area (Å²) in [6.45, 7) is 6.80. The Hall–Kier alpha value is -1.38. The summed E-state index contributed by atoms with van der Waals surface area (Å²) in [6.07, 6.45) is 0. The molecule has 0 atom stereocenters. The molecule has 0 saturated carbocycles. The molecule has 5 heteroatoms. The normalized spacial score (nSPS) is 9.88. The van der Waals surface area contributed by atoms with Gasteiger partial charge < -0.3 is 10.6 Å². The molecule has 0 fully saturated rings. The molecule has 0 radical (unpaired) electrons. The zero-order chi connectivity index (χ0) is 12.1. The van der Waals surface area contributed by atoms with Crippen molar-refractivity contribution < 1.29 is 4.79 Å². The number of aryl methyl sites for hydroxylation is 1. The SMILES string of the molecule is CCNCC(=O)Nc1sc(C)c(C)c1C#N. The van der Waals surface area contributed by atoms with Crippen LogP contribution in [0.1, 0.15) is 22.9 Å². The maximum atomic E-state index is 11.5. The standard InChI is InChI=1S/C11H15N3OS/c1-4-13-6-10(15)14-11-9(5-12)7(2)8(3)16-11/h13H,4,6H2,1-3H3,(H,14,15). The van der Waals surface area contributed by atoms with Gasteiger partial charge in [-0.2, -0.15) is 5.26 Å². The molecule has 4 nitrogen and oxygen atoms in total. The van der Waals surface area contributed by atoms with E-state index in [1.807, 2.05) is 20.8 Å². The molecule has 86 valence electrons. The maximum absolute atomic E-state index is 11.5. The van der Waals surface area contributed by atoms with Crippen molar-refractivity contribution in [3.63, 3.8) is 0 Å². The minimum atomic E-state index is -0.111. The lowest BCUT2D eigenvalue weighted by Gasteiger charge is -2.03. The summed E-state index contributed by atoms with van der Waals surface area (Å²) < 4.78 is 0. The van der Waals surface area contributed by atoms with Gasteiger partial charge in [-0.05, 0) is 26.0 Å². The molecule has 1 aromatic heterocycles. The number of carbonyl (C=O) groups is 1. The van der Waals surface area contributed by atoms with E-state index in [2.05, 4.69) is 16.7 Å². The fourth-order valence-electron chi connectivity index (χ4n) is 1.26. The van der Waals surface area contributed by atoms with Crippen LogP contribution >= 0.6 is 11.3 Å². The van der Waals surface area contributed by atoms with Crippen molar-refractivity contribution in [1.82, 2.24) is 5.32 Å². The Bertz CT molecular complexity index is 431. The Morgan fingerprint density at radius 2 is 2.19 bits per heavy atom. The first-order valence-corrected chi connectivity index (χ1v) is 5.92. The average Bonchev–Trinajstić information content (AvgIpc) is 2.51. The van der Waals surface area contributed by atoms with Crippen molar-refractivity contribution in [3.8, 4) is 6.07 Å². The molecule has 0 aliphatic rings. The van der Waals surface area contributed by atoms with E-state index < -0.39 is 0 Å². The van der Waals surface area contributed by atoms with Gasteiger partial charge in [-0.3, -0.25) is 4.79 Å². The van der Waals surface area contributed by atoms with Gasteiger partial charge in [0.25, 0.3) is 0 Å². The summed E-state index contributed by atoms with van der Waals surface area (Å²) in [4.78, 5) is 12.5. The third-order valence-corrected chi connectivity index (χ3v) is 3.41. The molecule has 2 N–H and O–H groups in total. The molecule has 0 aliphatic carbocycles. The highest BCUT2D eigenvalue weighted by molar-refractivity contribution is 7.16. The van der Waals surface area contributed by atoms with Gasteiger partial charge in [0.2, 0.25) is 5.91 Å². The van der Waals surface area contributed by atoms with Crippen LogP contribution in [0.15, 0.2) is 0 Å². The lowest BCUT2D eigenvalue weighted by atomic mass is 10.2. The number of thiophene rings is 1. The minimum Gasteiger partial charge on any atom is -0.315 e. The summed E-state index contributed by atoms with van der Waals surface area (Å²) >= 11 is 1.45. The largest absolute Gasteiger partial charge is 0.315 e. The van der Waals surface area contributed by atoms with E-state index in [1.54, 1.807) is 0 Å². The Labute approximate surface area is 99.3 Å². The van der Waals surface area contributed by atoms with Crippen LogP contribution in [0.4, 0.5) is 5.00 Å². The van der Waals surface area contributed by atoms with Crippen molar-refractivity contribution in [3.05, 3.63) is 16.0 Å². The number of carbonyl (C=O) groups excluding carboxylic acids is 1. The van der Waals surface area contributed by atoms with Crippen molar-refractivity contribution >= 4 is 22.2 Å². The summed E-state index contributed by atoms with van der Waals surface area (Å²) in [6, 6.07) is 2.12. The van der Waals surface area contributed by atoms with Crippen molar-refractivity contribution in [2.24, 2.45) is 0 Å². The van der Waals surface area contributed by atoms with Crippen molar-refractivity contribution in [2.75, 3.05) is 18.4 Å². The fraction of sp³-hybridized carbons (Fsp3) is 0.455. The monoisotopic (exact) mass is 237 g/mol. The first-order chi connectivity index (χ1) is 7.60. The number of nitrogens with zero attached hydrogens (tertiary/aromatic N) is 1. The fourth-order valence-corrected chi connectivity index (χ4v) is 2.29. The summed E-state index contributed by atoms with van der Waals surface area (Å²) in [7, 11) is 0. The summed E-state index contributed by atoms with van der Waals surface area (Å²) in [5.41, 5.74) is 1.53. The van der Waals surface area contributed by atoms with Crippen LogP contribution in [0.3, 0.4) is 0 Å². The first kappa shape index (κ1) is 12.7. The second-order valence-electron chi connectivity index (χ2n) is 3.43. The predicted molar refractivity (Wildman–Crippen MR) is 65.7 cm³/mol. The number of nitriles is 1. The number of rotatable bonds is 4. The van der Waals surface area contributed by atoms with E-state index >= 15 is 0 Å². The van der Waals surface area contributed by atoms with E-state index in [0.717, 1.165) is 17.0 Å². The number of likely N-dealkylation sites (N-methyl/N-ethyl adjacent to an activating group) is 1. The van der Waals surface area contributed by atoms with Gasteiger partial charge in [0.05, 0.1) is 12.1 Å². The van der Waals surface area contributed by atoms with Crippen LogP contribution in [-0.4, -0.2) is 19.0 Å². The molecular formula is C11H15N3OS. The highest BCUT2D eigenvalue weighted by Crippen LogP contribution is 2.31. The molecule has 1 heterocycles. The van der Waals surface area contributed by atoms with Gasteiger partial charge in [0, 0.05) is 4.88 Å². The molecule has 16 heavy (non-hydrogen) atoms. The van der Waals surface area contributed by atoms with E-state index in [4.69, 9.17) is 5.26 Å². The molecule has 0 unspecified atom stereocenters. The quantitative estimate of drug-likeness (QED) is 0.839. The van der Waals surface area contributed by atoms with Crippen LogP contribution in [0, 0.1) is 25.2 Å². The second kappa shape index (κ2) is 5.64. The lowest BCUT2D eigenvalue weighted by Crippen LogP contribution is -2.27. The molecule has 0 bridgehead atoms. The van der Waals surface area contributed by atoms with Crippen molar-refractivity contribution in [2.45, 2.75) is 20.8 Å². The number of hydrogen-bond acceptors (Lipinski definition) is 4. The number of nitrogens with one attached hydrogen (secondary N) is 2. The average molecular weight is 237 g/mol. The van der Waals surface area contributed by atoms with E-state index in [-0.39, 0.29) is 12.5 Å². The molecule has 0 saturated heterocycles. The Kier molecular flexibility index (Phi) is 4.47. The molecule has 0 aliphatic heterocycles. The second-order valence-corrected chi connectivity index (χ2v) is 4.65. The van der Waals surface area contributed by atoms with Gasteiger partial charge in [0.15, 0.2) is 0 Å².